The van der Waals surface area contributed by atoms with E-state index in [-0.39, 0.29) is 23.1 Å². The number of hydrogen-bond acceptors (Lipinski definition) is 6. The number of nitrogens with zero attached hydrogens (tertiary/aromatic N) is 2. The number of nitrogen functional groups attached to an aromatic ring is 1. The molecular formula is C10H14N4O3S. The van der Waals surface area contributed by atoms with Crippen molar-refractivity contribution in [3.63, 3.8) is 0 Å². The van der Waals surface area contributed by atoms with Crippen LogP contribution in [0.25, 0.3) is 0 Å². The van der Waals surface area contributed by atoms with Crippen molar-refractivity contribution in [3.8, 4) is 0 Å². The molecule has 0 saturated carbocycles. The normalized spacial score (nSPS) is 11.9. The number of nitrogens with two attached hydrogens (primary N) is 1. The Morgan fingerprint density at radius 1 is 1.72 bits per heavy atom. The lowest BCUT2D eigenvalue weighted by Gasteiger charge is -2.12. The molecule has 1 rings (SSSR count). The van der Waals surface area contributed by atoms with E-state index in [4.69, 9.17) is 5.73 Å². The highest BCUT2D eigenvalue weighted by Crippen LogP contribution is 2.16. The number of amides is 1. The van der Waals surface area contributed by atoms with Crippen molar-refractivity contribution in [2.75, 3.05) is 17.7 Å². The maximum atomic E-state index is 11.9. The first-order valence-electron chi connectivity index (χ1n) is 5.15. The number of nitro groups is 1. The van der Waals surface area contributed by atoms with Gasteiger partial charge in [0.25, 0.3) is 11.6 Å². The molecule has 0 spiro atoms. The van der Waals surface area contributed by atoms with E-state index in [0.29, 0.717) is 0 Å². The quantitative estimate of drug-likeness (QED) is 0.611. The van der Waals surface area contributed by atoms with Gasteiger partial charge < -0.3 is 11.1 Å². The van der Waals surface area contributed by atoms with Crippen LogP contribution < -0.4 is 11.1 Å². The van der Waals surface area contributed by atoms with E-state index >= 15 is 0 Å². The number of carbonyl (C=O) groups is 1. The van der Waals surface area contributed by atoms with Gasteiger partial charge in [-0.05, 0) is 13.2 Å². The first-order chi connectivity index (χ1) is 8.45. The van der Waals surface area contributed by atoms with Crippen LogP contribution in [0.15, 0.2) is 12.3 Å². The molecule has 1 unspecified atom stereocenters. The fraction of sp³-hybridized carbons (Fsp3) is 0.400. The summed E-state index contributed by atoms with van der Waals surface area (Å²) in [6.07, 6.45) is 2.95. The minimum absolute atomic E-state index is 0.0190. The van der Waals surface area contributed by atoms with E-state index in [1.807, 2.05) is 13.2 Å². The van der Waals surface area contributed by atoms with Gasteiger partial charge in [-0.1, -0.05) is 0 Å². The molecule has 3 N–H and O–H groups in total. The van der Waals surface area contributed by atoms with E-state index in [2.05, 4.69) is 10.3 Å². The van der Waals surface area contributed by atoms with E-state index in [1.54, 1.807) is 11.8 Å². The minimum Gasteiger partial charge on any atom is -0.383 e. The molecule has 7 nitrogen and oxygen atoms in total. The molecule has 0 aliphatic heterocycles. The van der Waals surface area contributed by atoms with E-state index in [1.165, 1.54) is 0 Å². The second-order valence-corrected chi connectivity index (χ2v) is 4.62. The highest BCUT2D eigenvalue weighted by atomic mass is 32.2. The van der Waals surface area contributed by atoms with Gasteiger partial charge in [0.1, 0.15) is 12.0 Å². The Hall–Kier alpha value is -1.83. The van der Waals surface area contributed by atoms with Gasteiger partial charge in [0, 0.05) is 17.9 Å². The van der Waals surface area contributed by atoms with Crippen molar-refractivity contribution < 1.29 is 9.72 Å². The number of rotatable bonds is 5. The molecule has 1 aromatic heterocycles. The topological polar surface area (TPSA) is 111 Å². The van der Waals surface area contributed by atoms with Crippen molar-refractivity contribution in [1.29, 1.82) is 0 Å². The summed E-state index contributed by atoms with van der Waals surface area (Å²) in [5.74, 6) is 0.272. The Kier molecular flexibility index (Phi) is 4.90. The number of aromatic nitrogens is 1. The van der Waals surface area contributed by atoms with Crippen LogP contribution >= 0.6 is 11.8 Å². The van der Waals surface area contributed by atoms with Crippen LogP contribution in [0.4, 0.5) is 11.5 Å². The number of carbonyl (C=O) groups excluding carboxylic acids is 1. The summed E-state index contributed by atoms with van der Waals surface area (Å²) >= 11 is 1.59. The molecule has 18 heavy (non-hydrogen) atoms. The third-order valence-corrected chi connectivity index (χ3v) is 2.99. The molecule has 1 atom stereocenters. The lowest BCUT2D eigenvalue weighted by molar-refractivity contribution is -0.385. The van der Waals surface area contributed by atoms with Crippen LogP contribution in [0.5, 0.6) is 0 Å². The number of pyridine rings is 1. The van der Waals surface area contributed by atoms with Gasteiger partial charge in [0.05, 0.1) is 10.5 Å². The largest absolute Gasteiger partial charge is 0.383 e. The van der Waals surface area contributed by atoms with E-state index < -0.39 is 10.8 Å². The second-order valence-electron chi connectivity index (χ2n) is 3.71. The van der Waals surface area contributed by atoms with Gasteiger partial charge in [-0.25, -0.2) is 4.98 Å². The zero-order valence-corrected chi connectivity index (χ0v) is 10.9. The third kappa shape index (κ3) is 3.59. The van der Waals surface area contributed by atoms with Gasteiger partial charge in [-0.2, -0.15) is 11.8 Å². The summed E-state index contributed by atoms with van der Waals surface area (Å²) in [6, 6.07) is 1.08. The van der Waals surface area contributed by atoms with Gasteiger partial charge in [0.2, 0.25) is 0 Å². The molecule has 0 aromatic carbocycles. The van der Waals surface area contributed by atoms with Crippen molar-refractivity contribution in [3.05, 3.63) is 27.9 Å². The molecule has 1 heterocycles. The molecule has 0 bridgehead atoms. The molecule has 0 aliphatic rings. The number of hydrogen-bond donors (Lipinski definition) is 2. The van der Waals surface area contributed by atoms with E-state index in [0.717, 1.165) is 18.0 Å². The summed E-state index contributed by atoms with van der Waals surface area (Å²) in [6.45, 7) is 1.84. The molecule has 8 heteroatoms. The Bertz CT molecular complexity index is 466. The average Bonchev–Trinajstić information content (AvgIpc) is 2.29. The molecule has 98 valence electrons. The Morgan fingerprint density at radius 3 is 2.94 bits per heavy atom. The average molecular weight is 270 g/mol. The van der Waals surface area contributed by atoms with Crippen LogP contribution in [-0.2, 0) is 0 Å². The number of nitrogens with one attached hydrogen (secondary N) is 1. The molecule has 1 aromatic rings. The molecule has 1 amide bonds. The first-order valence-corrected chi connectivity index (χ1v) is 6.54. The second kappa shape index (κ2) is 6.20. The van der Waals surface area contributed by atoms with Crippen LogP contribution in [0, 0.1) is 10.1 Å². The monoisotopic (exact) mass is 270 g/mol. The lowest BCUT2D eigenvalue weighted by atomic mass is 10.2. The zero-order chi connectivity index (χ0) is 13.7. The lowest BCUT2D eigenvalue weighted by Crippen LogP contribution is -2.34. The molecule has 0 saturated heterocycles. The highest BCUT2D eigenvalue weighted by Gasteiger charge is 2.17. The maximum Gasteiger partial charge on any atom is 0.288 e. The van der Waals surface area contributed by atoms with Gasteiger partial charge in [-0.3, -0.25) is 14.9 Å². The summed E-state index contributed by atoms with van der Waals surface area (Å²) < 4.78 is 0. The number of thioether (sulfide) groups is 1. The SMILES string of the molecule is CSCC(C)NC(=O)c1cc([N+](=O)[O-])cnc1N. The summed E-state index contributed by atoms with van der Waals surface area (Å²) in [7, 11) is 0. The highest BCUT2D eigenvalue weighted by molar-refractivity contribution is 7.98. The number of anilines is 1. The Morgan fingerprint density at radius 2 is 2.39 bits per heavy atom. The van der Waals surface area contributed by atoms with Gasteiger partial charge >= 0.3 is 0 Å². The molecular weight excluding hydrogens is 256 g/mol. The standard InChI is InChI=1S/C10H14N4O3S/c1-6(5-18-2)13-10(15)8-3-7(14(16)17)4-12-9(8)11/h3-4,6H,5H2,1-2H3,(H2,11,12)(H,13,15). The molecule has 0 aliphatic carbocycles. The first kappa shape index (κ1) is 14.2. The van der Waals surface area contributed by atoms with Crippen molar-refractivity contribution >= 4 is 29.2 Å². The smallest absolute Gasteiger partial charge is 0.288 e. The zero-order valence-electron chi connectivity index (χ0n) is 10.0. The van der Waals surface area contributed by atoms with Crippen LogP contribution in [0.1, 0.15) is 17.3 Å². The van der Waals surface area contributed by atoms with Crippen molar-refractivity contribution in [1.82, 2.24) is 10.3 Å². The van der Waals surface area contributed by atoms with Crippen LogP contribution in [0.3, 0.4) is 0 Å². The van der Waals surface area contributed by atoms with Crippen molar-refractivity contribution in [2.45, 2.75) is 13.0 Å². The van der Waals surface area contributed by atoms with E-state index in [9.17, 15) is 14.9 Å². The summed E-state index contributed by atoms with van der Waals surface area (Å²) in [4.78, 5) is 25.5. The Labute approximate surface area is 108 Å². The van der Waals surface area contributed by atoms with Crippen molar-refractivity contribution in [2.24, 2.45) is 0 Å². The summed E-state index contributed by atoms with van der Waals surface area (Å²) in [5.41, 5.74) is 5.31. The minimum atomic E-state index is -0.617. The van der Waals surface area contributed by atoms with Gasteiger partial charge in [-0.15, -0.1) is 0 Å². The molecule has 0 fully saturated rings. The van der Waals surface area contributed by atoms with Crippen LogP contribution in [0.2, 0.25) is 0 Å². The molecule has 0 radical (unpaired) electrons. The summed E-state index contributed by atoms with van der Waals surface area (Å²) in [5, 5.41) is 13.3. The fourth-order valence-corrected chi connectivity index (χ4v) is 1.92. The third-order valence-electron chi connectivity index (χ3n) is 2.15. The van der Waals surface area contributed by atoms with Crippen LogP contribution in [-0.4, -0.2) is 33.9 Å². The fourth-order valence-electron chi connectivity index (χ4n) is 1.34. The maximum absolute atomic E-state index is 11.9. The Balaban J connectivity index is 2.91. The van der Waals surface area contributed by atoms with Gasteiger partial charge in [0.15, 0.2) is 0 Å². The predicted molar refractivity (Wildman–Crippen MR) is 70.6 cm³/mol. The predicted octanol–water partition coefficient (Wildman–Crippen LogP) is 1.05.